The molecule has 0 spiro atoms. The number of hydrogen-bond acceptors (Lipinski definition) is 4. The van der Waals surface area contributed by atoms with E-state index in [0.717, 1.165) is 14.7 Å². The Kier molecular flexibility index (Phi) is 4.61. The van der Waals surface area contributed by atoms with Crippen LogP contribution in [0.1, 0.15) is 22.9 Å². The SMILES string of the molecule is Cc1ccc(S(=O)(=O)N2C(=O)C(C)(Cc3ccc(Cl)s3)c3ccccc32)cc1. The molecule has 3 aromatic rings. The Balaban J connectivity index is 1.84. The van der Waals surface area contributed by atoms with Crippen molar-refractivity contribution in [3.05, 3.63) is 81.0 Å². The number of benzene rings is 2. The van der Waals surface area contributed by atoms with Crippen LogP contribution >= 0.6 is 22.9 Å². The Bertz CT molecular complexity index is 1170. The van der Waals surface area contributed by atoms with Gasteiger partial charge in [0.2, 0.25) is 0 Å². The molecule has 0 bridgehead atoms. The van der Waals surface area contributed by atoms with Crippen molar-refractivity contribution in [2.24, 2.45) is 0 Å². The van der Waals surface area contributed by atoms with Crippen LogP contribution in [0, 0.1) is 6.92 Å². The molecule has 0 saturated carbocycles. The van der Waals surface area contributed by atoms with Crippen LogP contribution < -0.4 is 4.31 Å². The molecule has 7 heteroatoms. The Hall–Kier alpha value is -2.15. The molecule has 0 aliphatic carbocycles. The van der Waals surface area contributed by atoms with E-state index in [9.17, 15) is 13.2 Å². The average molecular weight is 432 g/mol. The van der Waals surface area contributed by atoms with Gasteiger partial charge in [0.25, 0.3) is 15.9 Å². The van der Waals surface area contributed by atoms with Gasteiger partial charge in [-0.15, -0.1) is 11.3 Å². The van der Waals surface area contributed by atoms with Crippen LogP contribution in [-0.2, 0) is 26.7 Å². The molecule has 4 nitrogen and oxygen atoms in total. The lowest BCUT2D eigenvalue weighted by Crippen LogP contribution is -2.42. The summed E-state index contributed by atoms with van der Waals surface area (Å²) in [7, 11) is -4.02. The molecule has 28 heavy (non-hydrogen) atoms. The second-order valence-electron chi connectivity index (χ2n) is 7.12. The number of carbonyl (C=O) groups is 1. The summed E-state index contributed by atoms with van der Waals surface area (Å²) in [4.78, 5) is 14.5. The lowest BCUT2D eigenvalue weighted by molar-refractivity contribution is -0.121. The fourth-order valence-electron chi connectivity index (χ4n) is 3.59. The van der Waals surface area contributed by atoms with Gasteiger partial charge in [0, 0.05) is 11.3 Å². The molecule has 0 N–H and O–H groups in total. The third kappa shape index (κ3) is 2.96. The summed E-state index contributed by atoms with van der Waals surface area (Å²) < 4.78 is 28.3. The van der Waals surface area contributed by atoms with Crippen LogP contribution in [0.5, 0.6) is 0 Å². The van der Waals surface area contributed by atoms with Crippen LogP contribution in [0.15, 0.2) is 65.6 Å². The molecular formula is C21H18ClNO3S2. The summed E-state index contributed by atoms with van der Waals surface area (Å²) in [5, 5.41) is 0. The summed E-state index contributed by atoms with van der Waals surface area (Å²) in [6.45, 7) is 3.68. The fourth-order valence-corrected chi connectivity index (χ4v) is 6.36. The van der Waals surface area contributed by atoms with Gasteiger partial charge in [0.1, 0.15) is 0 Å². The highest BCUT2D eigenvalue weighted by atomic mass is 35.5. The first-order valence-electron chi connectivity index (χ1n) is 8.74. The van der Waals surface area contributed by atoms with Crippen molar-refractivity contribution in [1.82, 2.24) is 0 Å². The minimum absolute atomic E-state index is 0.102. The number of thiophene rings is 1. The predicted octanol–water partition coefficient (Wildman–Crippen LogP) is 4.95. The summed E-state index contributed by atoms with van der Waals surface area (Å²) in [6.07, 6.45) is 0.389. The topological polar surface area (TPSA) is 54.5 Å². The highest BCUT2D eigenvalue weighted by molar-refractivity contribution is 7.93. The Morgan fingerprint density at radius 1 is 1.04 bits per heavy atom. The van der Waals surface area contributed by atoms with Gasteiger partial charge in [-0.2, -0.15) is 0 Å². The Morgan fingerprint density at radius 3 is 2.36 bits per heavy atom. The van der Waals surface area contributed by atoms with E-state index in [0.29, 0.717) is 22.0 Å². The minimum atomic E-state index is -4.02. The van der Waals surface area contributed by atoms with E-state index in [1.165, 1.54) is 23.5 Å². The molecule has 2 heterocycles. The number of aryl methyl sites for hydroxylation is 1. The highest BCUT2D eigenvalue weighted by Crippen LogP contribution is 2.46. The number of para-hydroxylation sites is 1. The Morgan fingerprint density at radius 2 is 1.71 bits per heavy atom. The molecule has 1 amide bonds. The number of halogens is 1. The highest BCUT2D eigenvalue weighted by Gasteiger charge is 2.52. The van der Waals surface area contributed by atoms with Crippen LogP contribution in [-0.4, -0.2) is 14.3 Å². The van der Waals surface area contributed by atoms with Crippen molar-refractivity contribution in [3.63, 3.8) is 0 Å². The quantitative estimate of drug-likeness (QED) is 0.587. The zero-order valence-corrected chi connectivity index (χ0v) is 17.7. The third-order valence-electron chi connectivity index (χ3n) is 5.09. The second-order valence-corrected chi connectivity index (χ2v) is 10.7. The molecule has 1 atom stereocenters. The maximum atomic E-state index is 13.5. The van der Waals surface area contributed by atoms with E-state index in [2.05, 4.69) is 0 Å². The molecular weight excluding hydrogens is 414 g/mol. The normalized spacial score (nSPS) is 19.1. The van der Waals surface area contributed by atoms with Gasteiger partial charge in [-0.1, -0.05) is 47.5 Å². The molecule has 1 aliphatic heterocycles. The number of anilines is 1. The predicted molar refractivity (Wildman–Crippen MR) is 113 cm³/mol. The standard InChI is InChI=1S/C21H18ClNO3S2/c1-14-7-10-16(11-8-14)28(25,26)23-18-6-4-3-5-17(18)21(2,20(23)24)13-15-9-12-19(22)27-15/h3-12H,13H2,1-2H3. The van der Waals surface area contributed by atoms with Gasteiger partial charge in [-0.3, -0.25) is 4.79 Å². The van der Waals surface area contributed by atoms with Crippen molar-refractivity contribution >= 4 is 44.6 Å². The van der Waals surface area contributed by atoms with Gasteiger partial charge in [-0.05, 0) is 49.7 Å². The Labute approximate surface area is 173 Å². The second kappa shape index (κ2) is 6.72. The van der Waals surface area contributed by atoms with E-state index in [4.69, 9.17) is 11.6 Å². The van der Waals surface area contributed by atoms with Crippen molar-refractivity contribution < 1.29 is 13.2 Å². The van der Waals surface area contributed by atoms with E-state index in [1.54, 1.807) is 37.3 Å². The van der Waals surface area contributed by atoms with Gasteiger partial charge in [0.15, 0.2) is 0 Å². The number of hydrogen-bond donors (Lipinski definition) is 0. The summed E-state index contributed by atoms with van der Waals surface area (Å²) in [5.74, 6) is -0.446. The minimum Gasteiger partial charge on any atom is -0.272 e. The number of rotatable bonds is 4. The fraction of sp³-hybridized carbons (Fsp3) is 0.190. The summed E-state index contributed by atoms with van der Waals surface area (Å²) in [6, 6.07) is 17.3. The molecule has 144 valence electrons. The van der Waals surface area contributed by atoms with Crippen LogP contribution in [0.4, 0.5) is 5.69 Å². The van der Waals surface area contributed by atoms with Gasteiger partial charge < -0.3 is 0 Å². The molecule has 1 unspecified atom stereocenters. The van der Waals surface area contributed by atoms with Crippen molar-refractivity contribution in [1.29, 1.82) is 0 Å². The average Bonchev–Trinajstić information content (AvgIpc) is 3.15. The molecule has 1 aromatic heterocycles. The smallest absolute Gasteiger partial charge is 0.270 e. The summed E-state index contributed by atoms with van der Waals surface area (Å²) >= 11 is 7.45. The van der Waals surface area contributed by atoms with Gasteiger partial charge in [0.05, 0.1) is 20.3 Å². The monoisotopic (exact) mass is 431 g/mol. The number of carbonyl (C=O) groups excluding carboxylic acids is 1. The third-order valence-corrected chi connectivity index (χ3v) is 8.03. The number of amides is 1. The largest absolute Gasteiger partial charge is 0.272 e. The van der Waals surface area contributed by atoms with Crippen molar-refractivity contribution in [2.75, 3.05) is 4.31 Å². The van der Waals surface area contributed by atoms with E-state index >= 15 is 0 Å². The van der Waals surface area contributed by atoms with E-state index in [1.807, 2.05) is 25.1 Å². The lowest BCUT2D eigenvalue weighted by Gasteiger charge is -2.24. The van der Waals surface area contributed by atoms with Gasteiger partial charge in [-0.25, -0.2) is 12.7 Å². The molecule has 0 saturated heterocycles. The first kappa shape index (κ1) is 19.2. The maximum Gasteiger partial charge on any atom is 0.270 e. The molecule has 4 rings (SSSR count). The number of fused-ring (bicyclic) bond motifs is 1. The van der Waals surface area contributed by atoms with E-state index < -0.39 is 21.3 Å². The first-order chi connectivity index (χ1) is 13.2. The van der Waals surface area contributed by atoms with Crippen LogP contribution in [0.25, 0.3) is 0 Å². The van der Waals surface area contributed by atoms with Gasteiger partial charge >= 0.3 is 0 Å². The van der Waals surface area contributed by atoms with Crippen molar-refractivity contribution in [2.45, 2.75) is 30.6 Å². The van der Waals surface area contributed by atoms with Crippen LogP contribution in [0.3, 0.4) is 0 Å². The lowest BCUT2D eigenvalue weighted by atomic mass is 9.80. The zero-order valence-electron chi connectivity index (χ0n) is 15.3. The molecule has 0 fully saturated rings. The maximum absolute atomic E-state index is 13.5. The number of nitrogens with zero attached hydrogens (tertiary/aromatic N) is 1. The molecule has 2 aromatic carbocycles. The van der Waals surface area contributed by atoms with Crippen molar-refractivity contribution in [3.8, 4) is 0 Å². The summed E-state index contributed by atoms with van der Waals surface area (Å²) in [5.41, 5.74) is 1.09. The van der Waals surface area contributed by atoms with Crippen LogP contribution in [0.2, 0.25) is 4.34 Å². The molecule has 1 aliphatic rings. The zero-order chi connectivity index (χ0) is 20.1. The first-order valence-corrected chi connectivity index (χ1v) is 11.4. The van der Waals surface area contributed by atoms with E-state index in [-0.39, 0.29) is 4.90 Å². The molecule has 0 radical (unpaired) electrons. The number of sulfonamides is 1.